The molecule has 61 heavy (non-hydrogen) atoms. The van der Waals surface area contributed by atoms with E-state index >= 15 is 0 Å². The number of benzene rings is 3. The number of carbonyl (C=O) groups is 4. The summed E-state index contributed by atoms with van der Waals surface area (Å²) in [7, 11) is 2.61. The number of imidazole rings is 2. The van der Waals surface area contributed by atoms with Gasteiger partial charge in [0.05, 0.1) is 50.1 Å². The van der Waals surface area contributed by atoms with Crippen LogP contribution in [-0.2, 0) is 19.1 Å². The van der Waals surface area contributed by atoms with E-state index in [1.807, 2.05) is 43.0 Å². The number of fused-ring (bicyclic) bond motifs is 3. The molecule has 3 aromatic carbocycles. The molecule has 4 N–H and O–H groups in total. The molecule has 2 saturated heterocycles. The van der Waals surface area contributed by atoms with Crippen LogP contribution in [-0.4, -0.2) is 92.6 Å². The van der Waals surface area contributed by atoms with Crippen molar-refractivity contribution in [1.82, 2.24) is 40.4 Å². The van der Waals surface area contributed by atoms with Crippen molar-refractivity contribution < 1.29 is 28.7 Å². The summed E-state index contributed by atoms with van der Waals surface area (Å²) >= 11 is 0. The van der Waals surface area contributed by atoms with Gasteiger partial charge in [-0.15, -0.1) is 0 Å². The molecule has 318 valence electrons. The fraction of sp³-hybridized carbons (Fsp3) is 0.447. The molecule has 0 radical (unpaired) electrons. The molecule has 4 amide bonds. The molecule has 2 aliphatic carbocycles. The number of nitrogens with one attached hydrogen (secondary N) is 4. The van der Waals surface area contributed by atoms with Crippen LogP contribution in [0.15, 0.2) is 73.1 Å². The van der Waals surface area contributed by atoms with E-state index in [2.05, 4.69) is 81.3 Å². The zero-order chi connectivity index (χ0) is 42.6. The maximum atomic E-state index is 13.9. The second-order valence-electron chi connectivity index (χ2n) is 17.8. The van der Waals surface area contributed by atoms with Gasteiger partial charge >= 0.3 is 12.2 Å². The Balaban J connectivity index is 0.891. The summed E-state index contributed by atoms with van der Waals surface area (Å²) in [5.74, 6) is 1.56. The maximum absolute atomic E-state index is 13.9. The van der Waals surface area contributed by atoms with Crippen LogP contribution in [0.3, 0.4) is 0 Å². The van der Waals surface area contributed by atoms with Gasteiger partial charge in [-0.1, -0.05) is 69.3 Å². The minimum absolute atomic E-state index is 0.0884. The van der Waals surface area contributed by atoms with Crippen molar-refractivity contribution in [2.24, 2.45) is 17.3 Å². The zero-order valence-corrected chi connectivity index (χ0v) is 35.4. The fourth-order valence-electron chi connectivity index (χ4n) is 10.0. The number of hydrogen-bond donors (Lipinski definition) is 4. The second-order valence-corrected chi connectivity index (χ2v) is 17.8. The van der Waals surface area contributed by atoms with Crippen LogP contribution in [0, 0.1) is 17.3 Å². The Kier molecular flexibility index (Phi) is 10.6. The van der Waals surface area contributed by atoms with Crippen molar-refractivity contribution in [2.75, 3.05) is 20.8 Å². The van der Waals surface area contributed by atoms with Gasteiger partial charge in [-0.2, -0.15) is 0 Å². The van der Waals surface area contributed by atoms with Crippen LogP contribution in [0.1, 0.15) is 89.4 Å². The predicted molar refractivity (Wildman–Crippen MR) is 230 cm³/mol. The highest BCUT2D eigenvalue weighted by atomic mass is 16.5. The highest BCUT2D eigenvalue weighted by molar-refractivity contribution is 5.91. The molecule has 2 bridgehead atoms. The van der Waals surface area contributed by atoms with Gasteiger partial charge in [-0.25, -0.2) is 19.6 Å². The first kappa shape index (κ1) is 40.2. The summed E-state index contributed by atoms with van der Waals surface area (Å²) in [5, 5.41) is 7.68. The third kappa shape index (κ3) is 7.61. The van der Waals surface area contributed by atoms with Crippen molar-refractivity contribution >= 4 is 34.8 Å². The summed E-state index contributed by atoms with van der Waals surface area (Å²) in [6, 6.07) is 19.7. The number of piperidine rings is 1. The summed E-state index contributed by atoms with van der Waals surface area (Å²) in [6.07, 6.45) is 8.92. The van der Waals surface area contributed by atoms with Crippen molar-refractivity contribution in [3.8, 4) is 33.6 Å². The molecule has 14 nitrogen and oxygen atoms in total. The average Bonchev–Trinajstić information content (AvgIpc) is 3.91. The standard InChI is InChI=1S/C47H54N8O6/c1-6-35(52-45(58)60-4)43(56)55-34-16-15-33(21-34)40(55)42-49-23-36(51-42)28-9-7-27(8-10-28)29-11-12-31-20-32(14-13-30(31)19-29)37-24-48-41(50-37)38-22-47(17-18-47)25-54(38)44(57)39(26(2)3)53-46(59)61-5/h7-14,19-20,23-24,26,33-35,38-40H,6,15-18,21-22,25H2,1-5H3,(H,48,50)(H,49,51)(H,52,58)(H,53,59)/t33?,34?,35-,38-,39-,40?/m0/s1. The monoisotopic (exact) mass is 826 g/mol. The number of likely N-dealkylation sites (tertiary alicyclic amines) is 2. The van der Waals surface area contributed by atoms with E-state index in [9.17, 15) is 19.2 Å². The minimum Gasteiger partial charge on any atom is -0.453 e. The van der Waals surface area contributed by atoms with Crippen molar-refractivity contribution in [2.45, 2.75) is 95.9 Å². The number of ether oxygens (including phenoxy) is 2. The molecule has 1 spiro atoms. The fourth-order valence-corrected chi connectivity index (χ4v) is 10.0. The van der Waals surface area contributed by atoms with E-state index in [0.29, 0.717) is 18.9 Å². The van der Waals surface area contributed by atoms with E-state index in [1.54, 1.807) is 0 Å². The first-order valence-corrected chi connectivity index (χ1v) is 21.5. The first-order valence-electron chi connectivity index (χ1n) is 21.5. The predicted octanol–water partition coefficient (Wildman–Crippen LogP) is 7.91. The van der Waals surface area contributed by atoms with Gasteiger partial charge in [0.1, 0.15) is 23.7 Å². The van der Waals surface area contributed by atoms with Gasteiger partial charge in [-0.3, -0.25) is 9.59 Å². The maximum Gasteiger partial charge on any atom is 0.407 e. The van der Waals surface area contributed by atoms with Crippen LogP contribution >= 0.6 is 0 Å². The van der Waals surface area contributed by atoms with Crippen molar-refractivity contribution in [1.29, 1.82) is 0 Å². The number of methoxy groups -OCH3 is 2. The van der Waals surface area contributed by atoms with Crippen LogP contribution in [0.25, 0.3) is 44.4 Å². The Morgan fingerprint density at radius 3 is 2.07 bits per heavy atom. The van der Waals surface area contributed by atoms with Crippen LogP contribution < -0.4 is 10.6 Å². The largest absolute Gasteiger partial charge is 0.453 e. The number of hydrogen-bond acceptors (Lipinski definition) is 8. The van der Waals surface area contributed by atoms with Crippen molar-refractivity contribution in [3.63, 3.8) is 0 Å². The van der Waals surface area contributed by atoms with Gasteiger partial charge in [0.25, 0.3) is 0 Å². The minimum atomic E-state index is -0.686. The van der Waals surface area contributed by atoms with E-state index in [4.69, 9.17) is 19.4 Å². The molecule has 2 aromatic heterocycles. The van der Waals surface area contributed by atoms with E-state index in [-0.39, 0.29) is 41.3 Å². The molecule has 5 aromatic rings. The van der Waals surface area contributed by atoms with Gasteiger partial charge < -0.3 is 39.9 Å². The molecule has 14 heteroatoms. The van der Waals surface area contributed by atoms with Gasteiger partial charge in [0.15, 0.2) is 0 Å². The SMILES string of the molecule is CC[C@H](NC(=O)OC)C(=O)N1C2CCC(C2)C1c1ncc(-c2ccc(-c3ccc4cc(-c5cnc([C@@H]6CC7(CC7)CN6C(=O)[C@@H](NC(=O)OC)C(C)C)[nH]5)ccc4c3)cc2)[nH]1. The average molecular weight is 827 g/mol. The van der Waals surface area contributed by atoms with Gasteiger partial charge in [-0.05, 0) is 102 Å². The quantitative estimate of drug-likeness (QED) is 0.104. The molecular formula is C47H54N8O6. The Morgan fingerprint density at radius 2 is 1.39 bits per heavy atom. The zero-order valence-electron chi connectivity index (χ0n) is 35.4. The van der Waals surface area contributed by atoms with Crippen LogP contribution in [0.5, 0.6) is 0 Å². The summed E-state index contributed by atoms with van der Waals surface area (Å²) in [5.41, 5.74) is 6.09. The second kappa shape index (κ2) is 16.0. The lowest BCUT2D eigenvalue weighted by molar-refractivity contribution is -0.138. The number of aromatic amines is 2. The molecule has 4 heterocycles. The smallest absolute Gasteiger partial charge is 0.407 e. The number of amides is 4. The molecule has 2 aliphatic heterocycles. The van der Waals surface area contributed by atoms with E-state index in [0.717, 1.165) is 94.6 Å². The molecule has 9 rings (SSSR count). The van der Waals surface area contributed by atoms with Crippen LogP contribution in [0.4, 0.5) is 9.59 Å². The Hall–Kier alpha value is -6.18. The summed E-state index contributed by atoms with van der Waals surface area (Å²) in [6.45, 7) is 6.40. The highest BCUT2D eigenvalue weighted by Crippen LogP contribution is 2.58. The number of alkyl carbamates (subject to hydrolysis) is 2. The van der Waals surface area contributed by atoms with E-state index in [1.165, 1.54) is 14.2 Å². The molecule has 4 fully saturated rings. The third-order valence-corrected chi connectivity index (χ3v) is 13.6. The molecule has 6 atom stereocenters. The molecular weight excluding hydrogens is 773 g/mol. The molecule has 4 aliphatic rings. The van der Waals surface area contributed by atoms with Gasteiger partial charge in [0.2, 0.25) is 11.8 Å². The normalized spacial score (nSPS) is 22.1. The molecule has 2 saturated carbocycles. The third-order valence-electron chi connectivity index (χ3n) is 13.6. The summed E-state index contributed by atoms with van der Waals surface area (Å²) < 4.78 is 9.60. The van der Waals surface area contributed by atoms with E-state index < -0.39 is 24.3 Å². The Bertz CT molecular complexity index is 2470. The lowest BCUT2D eigenvalue weighted by Gasteiger charge is -2.36. The van der Waals surface area contributed by atoms with Crippen LogP contribution in [0.2, 0.25) is 0 Å². The number of carbonyl (C=O) groups excluding carboxylic acids is 4. The molecule has 3 unspecified atom stereocenters. The van der Waals surface area contributed by atoms with Crippen molar-refractivity contribution in [3.05, 3.63) is 84.7 Å². The lowest BCUT2D eigenvalue weighted by Crippen LogP contribution is -2.51. The number of H-pyrrole nitrogens is 2. The summed E-state index contributed by atoms with van der Waals surface area (Å²) in [4.78, 5) is 72.3. The first-order chi connectivity index (χ1) is 29.5. The Labute approximate surface area is 355 Å². The van der Waals surface area contributed by atoms with Gasteiger partial charge in [0, 0.05) is 18.2 Å². The highest BCUT2D eigenvalue weighted by Gasteiger charge is 2.55. The number of nitrogens with zero attached hydrogens (tertiary/aromatic N) is 4. The number of rotatable bonds is 11. The lowest BCUT2D eigenvalue weighted by atomic mass is 9.97. The number of aromatic nitrogens is 4. The Morgan fingerprint density at radius 1 is 0.787 bits per heavy atom. The topological polar surface area (TPSA) is 175 Å².